The molecule has 1 aliphatic heterocycles. The normalized spacial score (nSPS) is 19.4. The zero-order valence-electron chi connectivity index (χ0n) is 12.4. The van der Waals surface area contributed by atoms with Crippen LogP contribution in [0.3, 0.4) is 0 Å². The Labute approximate surface area is 118 Å². The second-order valence-electron chi connectivity index (χ2n) is 5.03. The Morgan fingerprint density at radius 2 is 2.05 bits per heavy atom. The number of hydrogen-bond acceptors (Lipinski definition) is 4. The number of likely N-dealkylation sites (N-methyl/N-ethyl adjacent to an activating group) is 1. The fourth-order valence-electron chi connectivity index (χ4n) is 2.49. The largest absolute Gasteiger partial charge is 0.339 e. The van der Waals surface area contributed by atoms with E-state index >= 15 is 0 Å². The third-order valence-corrected chi connectivity index (χ3v) is 3.58. The first-order valence-electron chi connectivity index (χ1n) is 6.86. The number of hydrogen-bond donors (Lipinski definition) is 0. The zero-order valence-corrected chi connectivity index (χ0v) is 12.4. The third-order valence-electron chi connectivity index (χ3n) is 3.58. The van der Waals surface area contributed by atoms with Gasteiger partial charge in [0.2, 0.25) is 5.91 Å². The van der Waals surface area contributed by atoms with Crippen molar-refractivity contribution in [1.29, 1.82) is 0 Å². The first-order valence-corrected chi connectivity index (χ1v) is 6.86. The van der Waals surface area contributed by atoms with E-state index in [9.17, 15) is 9.59 Å². The Hall–Kier alpha value is -1.98. The molecule has 1 aromatic rings. The summed E-state index contributed by atoms with van der Waals surface area (Å²) in [6, 6.07) is 1.23. The molecule has 2 heterocycles. The van der Waals surface area contributed by atoms with Gasteiger partial charge >= 0.3 is 0 Å². The topological polar surface area (TPSA) is 66.4 Å². The van der Waals surface area contributed by atoms with Crippen molar-refractivity contribution < 1.29 is 9.59 Å². The molecule has 1 aromatic heterocycles. The number of rotatable bonds is 2. The Bertz CT molecular complexity index is 524. The summed E-state index contributed by atoms with van der Waals surface area (Å²) in [5, 5.41) is 0. The standard InChI is InChI=1S/C14H20N4O2/c1-5-17-6-7-18(10(3)13(17)19)14(20)12-8-9(2)15-11(4)16-12/h8,10H,5-7H2,1-4H3. The van der Waals surface area contributed by atoms with Gasteiger partial charge in [0.15, 0.2) is 0 Å². The first-order chi connectivity index (χ1) is 9.43. The van der Waals surface area contributed by atoms with Crippen molar-refractivity contribution in [3.63, 3.8) is 0 Å². The average Bonchev–Trinajstić information content (AvgIpc) is 2.40. The molecule has 0 aromatic carbocycles. The van der Waals surface area contributed by atoms with Gasteiger partial charge in [-0.05, 0) is 33.8 Å². The zero-order chi connectivity index (χ0) is 14.9. The van der Waals surface area contributed by atoms with Crippen molar-refractivity contribution in [3.05, 3.63) is 23.3 Å². The highest BCUT2D eigenvalue weighted by Gasteiger charge is 2.34. The first kappa shape index (κ1) is 14.4. The van der Waals surface area contributed by atoms with E-state index in [1.165, 1.54) is 0 Å². The molecule has 2 rings (SSSR count). The molecule has 0 spiro atoms. The van der Waals surface area contributed by atoms with Gasteiger partial charge in [-0.25, -0.2) is 9.97 Å². The van der Waals surface area contributed by atoms with Crippen molar-refractivity contribution in [3.8, 4) is 0 Å². The number of piperazine rings is 1. The Morgan fingerprint density at radius 3 is 2.65 bits per heavy atom. The van der Waals surface area contributed by atoms with E-state index in [1.54, 1.807) is 29.7 Å². The molecular weight excluding hydrogens is 256 g/mol. The molecule has 108 valence electrons. The summed E-state index contributed by atoms with van der Waals surface area (Å²) in [6.07, 6.45) is 0. The highest BCUT2D eigenvalue weighted by Crippen LogP contribution is 2.14. The Kier molecular flexibility index (Phi) is 4.01. The summed E-state index contributed by atoms with van der Waals surface area (Å²) in [6.45, 7) is 9.09. The lowest BCUT2D eigenvalue weighted by atomic mass is 10.1. The summed E-state index contributed by atoms with van der Waals surface area (Å²) in [5.74, 6) is 0.365. The quantitative estimate of drug-likeness (QED) is 0.801. The molecule has 2 amide bonds. The van der Waals surface area contributed by atoms with Gasteiger partial charge in [-0.3, -0.25) is 9.59 Å². The van der Waals surface area contributed by atoms with Gasteiger partial charge in [0.05, 0.1) is 0 Å². The van der Waals surface area contributed by atoms with Crippen LogP contribution in [0.15, 0.2) is 6.07 Å². The Morgan fingerprint density at radius 1 is 1.35 bits per heavy atom. The molecule has 1 atom stereocenters. The fraction of sp³-hybridized carbons (Fsp3) is 0.571. The molecule has 6 heteroatoms. The van der Waals surface area contributed by atoms with Crippen LogP contribution in [0, 0.1) is 13.8 Å². The highest BCUT2D eigenvalue weighted by molar-refractivity contribution is 5.96. The second-order valence-corrected chi connectivity index (χ2v) is 5.03. The lowest BCUT2D eigenvalue weighted by Gasteiger charge is -2.38. The van der Waals surface area contributed by atoms with Crippen molar-refractivity contribution in [2.45, 2.75) is 33.7 Å². The van der Waals surface area contributed by atoms with Gasteiger partial charge in [0.1, 0.15) is 17.6 Å². The molecule has 20 heavy (non-hydrogen) atoms. The van der Waals surface area contributed by atoms with Crippen molar-refractivity contribution in [1.82, 2.24) is 19.8 Å². The van der Waals surface area contributed by atoms with Crippen molar-refractivity contribution in [2.24, 2.45) is 0 Å². The average molecular weight is 276 g/mol. The van der Waals surface area contributed by atoms with Crippen LogP contribution in [-0.2, 0) is 4.79 Å². The molecular formula is C14H20N4O2. The van der Waals surface area contributed by atoms with E-state index in [1.807, 2.05) is 13.8 Å². The lowest BCUT2D eigenvalue weighted by Crippen LogP contribution is -2.57. The third kappa shape index (κ3) is 2.64. The highest BCUT2D eigenvalue weighted by atomic mass is 16.2. The van der Waals surface area contributed by atoms with E-state index in [0.717, 1.165) is 5.69 Å². The summed E-state index contributed by atoms with van der Waals surface area (Å²) < 4.78 is 0. The predicted molar refractivity (Wildman–Crippen MR) is 74.3 cm³/mol. The lowest BCUT2D eigenvalue weighted by molar-refractivity contribution is -0.139. The second kappa shape index (κ2) is 5.56. The van der Waals surface area contributed by atoms with Crippen molar-refractivity contribution >= 4 is 11.8 Å². The van der Waals surface area contributed by atoms with Crippen LogP contribution in [0.2, 0.25) is 0 Å². The van der Waals surface area contributed by atoms with Crippen molar-refractivity contribution in [2.75, 3.05) is 19.6 Å². The number of nitrogens with zero attached hydrogens (tertiary/aromatic N) is 4. The van der Waals surface area contributed by atoms with E-state index in [4.69, 9.17) is 0 Å². The van der Waals surface area contributed by atoms with Gasteiger partial charge in [-0.2, -0.15) is 0 Å². The molecule has 1 aliphatic rings. The van der Waals surface area contributed by atoms with Crippen LogP contribution in [-0.4, -0.2) is 57.3 Å². The summed E-state index contributed by atoms with van der Waals surface area (Å²) in [5.41, 5.74) is 1.12. The van der Waals surface area contributed by atoms with Crippen LogP contribution >= 0.6 is 0 Å². The molecule has 1 fully saturated rings. The fourth-order valence-corrected chi connectivity index (χ4v) is 2.49. The maximum atomic E-state index is 12.5. The molecule has 0 aliphatic carbocycles. The van der Waals surface area contributed by atoms with Crippen LogP contribution in [0.1, 0.15) is 35.9 Å². The minimum atomic E-state index is -0.438. The number of amides is 2. The predicted octanol–water partition coefficient (Wildman–Crippen LogP) is 0.786. The SMILES string of the molecule is CCN1CCN(C(=O)c2cc(C)nc(C)n2)C(C)C1=O. The minimum Gasteiger partial charge on any atom is -0.339 e. The van der Waals surface area contributed by atoms with Crippen LogP contribution in [0.4, 0.5) is 0 Å². The molecule has 0 saturated carbocycles. The van der Waals surface area contributed by atoms with Gasteiger partial charge < -0.3 is 9.80 Å². The molecule has 1 unspecified atom stereocenters. The minimum absolute atomic E-state index is 0.00500. The molecule has 6 nitrogen and oxygen atoms in total. The molecule has 1 saturated heterocycles. The van der Waals surface area contributed by atoms with Crippen LogP contribution in [0.5, 0.6) is 0 Å². The maximum Gasteiger partial charge on any atom is 0.273 e. The summed E-state index contributed by atoms with van der Waals surface area (Å²) in [7, 11) is 0. The van der Waals surface area contributed by atoms with E-state index < -0.39 is 6.04 Å². The maximum absolute atomic E-state index is 12.5. The van der Waals surface area contributed by atoms with Gasteiger partial charge in [0.25, 0.3) is 5.91 Å². The van der Waals surface area contributed by atoms with Crippen LogP contribution < -0.4 is 0 Å². The van der Waals surface area contributed by atoms with E-state index in [0.29, 0.717) is 31.2 Å². The van der Waals surface area contributed by atoms with Gasteiger partial charge in [0, 0.05) is 25.3 Å². The van der Waals surface area contributed by atoms with Crippen LogP contribution in [0.25, 0.3) is 0 Å². The number of aryl methyl sites for hydroxylation is 2. The molecule has 0 bridgehead atoms. The molecule has 0 radical (unpaired) electrons. The number of aromatic nitrogens is 2. The number of carbonyl (C=O) groups is 2. The number of carbonyl (C=O) groups excluding carboxylic acids is 2. The van der Waals surface area contributed by atoms with Gasteiger partial charge in [-0.15, -0.1) is 0 Å². The van der Waals surface area contributed by atoms with Gasteiger partial charge in [-0.1, -0.05) is 0 Å². The molecule has 0 N–H and O–H groups in total. The monoisotopic (exact) mass is 276 g/mol. The van der Waals surface area contributed by atoms with E-state index in [2.05, 4.69) is 9.97 Å². The summed E-state index contributed by atoms with van der Waals surface area (Å²) >= 11 is 0. The van der Waals surface area contributed by atoms with E-state index in [-0.39, 0.29) is 11.8 Å². The smallest absolute Gasteiger partial charge is 0.273 e. The summed E-state index contributed by atoms with van der Waals surface area (Å²) in [4.78, 5) is 36.4. The Balaban J connectivity index is 2.23.